The number of rotatable bonds is 5. The first kappa shape index (κ1) is 21.2. The van der Waals surface area contributed by atoms with Gasteiger partial charge >= 0.3 is 0 Å². The number of hydrazone groups is 1. The van der Waals surface area contributed by atoms with Gasteiger partial charge in [0.25, 0.3) is 5.91 Å². The molecule has 7 heteroatoms. The smallest absolute Gasteiger partial charge is 0.298 e. The summed E-state index contributed by atoms with van der Waals surface area (Å²) >= 11 is 0. The minimum absolute atomic E-state index is 0.0628. The van der Waals surface area contributed by atoms with E-state index >= 15 is 0 Å². The average Bonchev–Trinajstić information content (AvgIpc) is 3.20. The van der Waals surface area contributed by atoms with Gasteiger partial charge in [-0.1, -0.05) is 36.4 Å². The van der Waals surface area contributed by atoms with Crippen LogP contribution in [0.15, 0.2) is 53.6 Å². The molecule has 0 spiro atoms. The molecule has 2 aliphatic heterocycles. The van der Waals surface area contributed by atoms with Crippen LogP contribution in [-0.4, -0.2) is 42.2 Å². The molecule has 1 unspecified atom stereocenters. The maximum atomic E-state index is 13.8. The molecule has 4 rings (SSSR count). The summed E-state index contributed by atoms with van der Waals surface area (Å²) in [4.78, 5) is 25.9. The lowest BCUT2D eigenvalue weighted by Crippen LogP contribution is -3.14. The highest BCUT2D eigenvalue weighted by Crippen LogP contribution is 2.34. The molecule has 3 N–H and O–H groups in total. The third kappa shape index (κ3) is 4.66. The largest absolute Gasteiger partial charge is 0.369 e. The molecular weight excluding hydrogens is 395 g/mol. The van der Waals surface area contributed by atoms with Crippen molar-refractivity contribution in [1.29, 1.82) is 0 Å². The van der Waals surface area contributed by atoms with Crippen molar-refractivity contribution in [2.75, 3.05) is 19.6 Å². The Balaban J connectivity index is 1.56. The number of nitrogens with two attached hydrogens (primary N) is 1. The zero-order chi connectivity index (χ0) is 22.0. The van der Waals surface area contributed by atoms with Gasteiger partial charge < -0.3 is 10.6 Å². The molecule has 1 fully saturated rings. The van der Waals surface area contributed by atoms with Crippen molar-refractivity contribution in [1.82, 2.24) is 5.01 Å². The number of hydrogen-bond acceptors (Lipinski definition) is 3. The first-order valence-corrected chi connectivity index (χ1v) is 10.8. The molecule has 0 saturated carbocycles. The van der Waals surface area contributed by atoms with E-state index in [9.17, 15) is 14.0 Å². The first-order valence-electron chi connectivity index (χ1n) is 10.8. The topological polar surface area (TPSA) is 80.2 Å². The number of halogens is 1. The van der Waals surface area contributed by atoms with Crippen LogP contribution in [0.2, 0.25) is 0 Å². The molecule has 0 aromatic heterocycles. The number of quaternary nitrogens is 1. The monoisotopic (exact) mass is 423 g/mol. The molecule has 2 aromatic rings. The van der Waals surface area contributed by atoms with Crippen molar-refractivity contribution in [2.24, 2.45) is 16.8 Å². The number of benzene rings is 2. The van der Waals surface area contributed by atoms with E-state index in [0.717, 1.165) is 29.1 Å². The Bertz CT molecular complexity index is 1010. The second-order valence-corrected chi connectivity index (χ2v) is 8.48. The quantitative estimate of drug-likeness (QED) is 0.766. The summed E-state index contributed by atoms with van der Waals surface area (Å²) in [5, 5.41) is 6.23. The number of piperidine rings is 1. The van der Waals surface area contributed by atoms with E-state index in [-0.39, 0.29) is 29.6 Å². The number of nitrogens with zero attached hydrogens (tertiary/aromatic N) is 2. The predicted molar refractivity (Wildman–Crippen MR) is 116 cm³/mol. The summed E-state index contributed by atoms with van der Waals surface area (Å²) < 4.78 is 13.8. The standard InChI is InChI=1S/C24H27FN4O2/c1-16-5-2-3-8-20(16)22-14-21(18-6-4-7-19(25)13-18)27-29(22)23(30)15-28-11-9-17(10-12-28)24(26)31/h2-8,13,17,22H,9-12,14-15H2,1H3,(H2,26,31)/p+1. The van der Waals surface area contributed by atoms with E-state index in [2.05, 4.69) is 5.10 Å². The van der Waals surface area contributed by atoms with E-state index in [1.54, 1.807) is 11.1 Å². The third-order valence-electron chi connectivity index (χ3n) is 6.37. The predicted octanol–water partition coefficient (Wildman–Crippen LogP) is 1.59. The Labute approximate surface area is 181 Å². The molecule has 0 bridgehead atoms. The van der Waals surface area contributed by atoms with Crippen LogP contribution in [0.3, 0.4) is 0 Å². The van der Waals surface area contributed by atoms with Crippen LogP contribution in [0.25, 0.3) is 0 Å². The zero-order valence-corrected chi connectivity index (χ0v) is 17.7. The Morgan fingerprint density at radius 2 is 1.90 bits per heavy atom. The second-order valence-electron chi connectivity index (χ2n) is 8.48. The minimum atomic E-state index is -0.320. The SMILES string of the molecule is Cc1ccccc1C1CC(c2cccc(F)c2)=NN1C(=O)C[NH+]1CCC(C(N)=O)CC1. The number of likely N-dealkylation sites (tertiary alicyclic amines) is 1. The van der Waals surface area contributed by atoms with Crippen molar-refractivity contribution in [2.45, 2.75) is 32.2 Å². The van der Waals surface area contributed by atoms with Crippen LogP contribution < -0.4 is 10.6 Å². The van der Waals surface area contributed by atoms with Gasteiger partial charge in [0.2, 0.25) is 5.91 Å². The molecule has 2 aromatic carbocycles. The lowest BCUT2D eigenvalue weighted by atomic mass is 9.95. The minimum Gasteiger partial charge on any atom is -0.369 e. The number of carbonyl (C=O) groups is 2. The number of nitrogens with one attached hydrogen (secondary N) is 1. The summed E-state index contributed by atoms with van der Waals surface area (Å²) in [5.74, 6) is -0.733. The fourth-order valence-corrected chi connectivity index (χ4v) is 4.57. The van der Waals surface area contributed by atoms with Gasteiger partial charge in [0, 0.05) is 30.7 Å². The molecule has 0 radical (unpaired) electrons. The Hall–Kier alpha value is -3.06. The van der Waals surface area contributed by atoms with E-state index < -0.39 is 0 Å². The lowest BCUT2D eigenvalue weighted by molar-refractivity contribution is -0.898. The van der Waals surface area contributed by atoms with Crippen molar-refractivity contribution < 1.29 is 18.9 Å². The van der Waals surface area contributed by atoms with Gasteiger partial charge in [-0.05, 0) is 30.2 Å². The number of carbonyl (C=O) groups excluding carboxylic acids is 2. The van der Waals surface area contributed by atoms with Gasteiger partial charge in [0.1, 0.15) is 5.82 Å². The van der Waals surface area contributed by atoms with E-state index in [1.807, 2.05) is 37.3 Å². The van der Waals surface area contributed by atoms with Gasteiger partial charge in [-0.2, -0.15) is 5.10 Å². The first-order chi connectivity index (χ1) is 14.9. The highest BCUT2D eigenvalue weighted by Gasteiger charge is 2.36. The van der Waals surface area contributed by atoms with Gasteiger partial charge in [-0.25, -0.2) is 9.40 Å². The van der Waals surface area contributed by atoms with Crippen LogP contribution >= 0.6 is 0 Å². The molecule has 2 heterocycles. The van der Waals surface area contributed by atoms with Crippen molar-refractivity contribution in [3.63, 3.8) is 0 Å². The fraction of sp³-hybridized carbons (Fsp3) is 0.375. The molecule has 162 valence electrons. The fourth-order valence-electron chi connectivity index (χ4n) is 4.57. The highest BCUT2D eigenvalue weighted by molar-refractivity contribution is 6.03. The van der Waals surface area contributed by atoms with Crippen molar-refractivity contribution in [3.8, 4) is 0 Å². The van der Waals surface area contributed by atoms with E-state index in [0.29, 0.717) is 37.1 Å². The molecule has 0 aliphatic carbocycles. The van der Waals surface area contributed by atoms with Gasteiger partial charge in [0.05, 0.1) is 24.8 Å². The molecular formula is C24H28FN4O2+. The van der Waals surface area contributed by atoms with Crippen molar-refractivity contribution in [3.05, 3.63) is 71.0 Å². The number of aryl methyl sites for hydroxylation is 1. The van der Waals surface area contributed by atoms with Crippen LogP contribution in [0.4, 0.5) is 4.39 Å². The van der Waals surface area contributed by atoms with Gasteiger partial charge in [-0.15, -0.1) is 0 Å². The lowest BCUT2D eigenvalue weighted by Gasteiger charge is -2.29. The summed E-state index contributed by atoms with van der Waals surface area (Å²) in [7, 11) is 0. The Kier molecular flexibility index (Phi) is 6.13. The maximum absolute atomic E-state index is 13.8. The molecule has 31 heavy (non-hydrogen) atoms. The summed E-state index contributed by atoms with van der Waals surface area (Å²) in [6, 6.07) is 14.1. The highest BCUT2D eigenvalue weighted by atomic mass is 19.1. The number of hydrogen-bond donors (Lipinski definition) is 2. The van der Waals surface area contributed by atoms with E-state index in [4.69, 9.17) is 5.73 Å². The van der Waals surface area contributed by atoms with Crippen LogP contribution in [0.5, 0.6) is 0 Å². The van der Waals surface area contributed by atoms with Crippen LogP contribution in [0, 0.1) is 18.7 Å². The number of amides is 2. The molecule has 2 aliphatic rings. The molecule has 1 atom stereocenters. The molecule has 1 saturated heterocycles. The summed E-state index contributed by atoms with van der Waals surface area (Å²) in [6.07, 6.45) is 1.95. The van der Waals surface area contributed by atoms with Gasteiger partial charge in [-0.3, -0.25) is 9.59 Å². The Morgan fingerprint density at radius 3 is 2.58 bits per heavy atom. The zero-order valence-electron chi connectivity index (χ0n) is 17.7. The average molecular weight is 424 g/mol. The second kappa shape index (κ2) is 8.98. The Morgan fingerprint density at radius 1 is 1.16 bits per heavy atom. The third-order valence-corrected chi connectivity index (χ3v) is 6.37. The number of primary amides is 1. The normalized spacial score (nSPS) is 23.5. The summed E-state index contributed by atoms with van der Waals surface area (Å²) in [5.41, 5.74) is 8.98. The molecule has 2 amide bonds. The summed E-state index contributed by atoms with van der Waals surface area (Å²) in [6.45, 7) is 3.82. The van der Waals surface area contributed by atoms with Crippen LogP contribution in [-0.2, 0) is 9.59 Å². The van der Waals surface area contributed by atoms with E-state index in [1.165, 1.54) is 12.1 Å². The maximum Gasteiger partial charge on any atom is 0.298 e. The van der Waals surface area contributed by atoms with Gasteiger partial charge in [0.15, 0.2) is 6.54 Å². The van der Waals surface area contributed by atoms with Crippen molar-refractivity contribution >= 4 is 17.5 Å². The van der Waals surface area contributed by atoms with Crippen LogP contribution in [0.1, 0.15) is 42.0 Å². The molecule has 6 nitrogen and oxygen atoms in total.